The van der Waals surface area contributed by atoms with Gasteiger partial charge in [0.05, 0.1) is 11.1 Å². The summed E-state index contributed by atoms with van der Waals surface area (Å²) in [6.45, 7) is 2.19. The molecule has 3 N–H and O–H groups in total. The van der Waals surface area contributed by atoms with Crippen LogP contribution in [0.4, 0.5) is 26.3 Å². The number of allylic oxidation sites excluding steroid dienone is 2. The minimum Gasteiger partial charge on any atom is -0.374 e. The minimum absolute atomic E-state index is 0.0739. The van der Waals surface area contributed by atoms with Crippen LogP contribution in [0.5, 0.6) is 0 Å². The Morgan fingerprint density at radius 2 is 1.89 bits per heavy atom. The van der Waals surface area contributed by atoms with Gasteiger partial charge >= 0.3 is 6.18 Å². The number of nitrogens with zero attached hydrogens (tertiary/aromatic N) is 1. The molecule has 2 aromatic rings. The summed E-state index contributed by atoms with van der Waals surface area (Å²) >= 11 is 0. The lowest BCUT2D eigenvalue weighted by atomic mass is 9.71. The number of benzene rings is 1. The van der Waals surface area contributed by atoms with Gasteiger partial charge in [0.1, 0.15) is 29.4 Å². The van der Waals surface area contributed by atoms with Crippen LogP contribution in [-0.2, 0) is 9.47 Å². The number of alkyl halides is 3. The van der Waals surface area contributed by atoms with Gasteiger partial charge in [-0.15, -0.1) is 0 Å². The number of aldehydes is 1. The Kier molecular flexibility index (Phi) is 7.49. The van der Waals surface area contributed by atoms with E-state index in [1.54, 1.807) is 0 Å². The third-order valence-electron chi connectivity index (χ3n) is 6.77. The number of ether oxygens (including phenoxy) is 2. The Labute approximate surface area is 197 Å². The molecular formula is C23H25F6N3O3. The van der Waals surface area contributed by atoms with Gasteiger partial charge in [-0.2, -0.15) is 13.2 Å². The summed E-state index contributed by atoms with van der Waals surface area (Å²) in [4.78, 5) is 18.3. The monoisotopic (exact) mass is 505 g/mol. The van der Waals surface area contributed by atoms with Gasteiger partial charge in [-0.1, -0.05) is 13.0 Å². The quantitative estimate of drug-likeness (QED) is 0.447. The maximum atomic E-state index is 14.5. The smallest absolute Gasteiger partial charge is 0.374 e. The molecule has 1 fully saturated rings. The van der Waals surface area contributed by atoms with E-state index in [0.29, 0.717) is 0 Å². The second-order valence-corrected chi connectivity index (χ2v) is 8.40. The van der Waals surface area contributed by atoms with E-state index < -0.39 is 59.2 Å². The van der Waals surface area contributed by atoms with Crippen molar-refractivity contribution in [1.29, 1.82) is 0 Å². The molecule has 12 heteroatoms. The lowest BCUT2D eigenvalue weighted by Gasteiger charge is -2.36. The zero-order valence-corrected chi connectivity index (χ0v) is 19.3. The van der Waals surface area contributed by atoms with Crippen molar-refractivity contribution in [3.63, 3.8) is 0 Å². The number of carbonyl (C=O) groups excluding carboxylic acids is 1. The summed E-state index contributed by atoms with van der Waals surface area (Å²) in [7, 11) is 2.63. The lowest BCUT2D eigenvalue weighted by molar-refractivity contribution is -0.275. The van der Waals surface area contributed by atoms with E-state index in [0.717, 1.165) is 26.2 Å². The number of H-pyrrole nitrogens is 1. The summed E-state index contributed by atoms with van der Waals surface area (Å²) in [5.74, 6) is -6.68. The van der Waals surface area contributed by atoms with Crippen LogP contribution in [0.2, 0.25) is 0 Å². The highest BCUT2D eigenvalue weighted by Crippen LogP contribution is 2.58. The summed E-state index contributed by atoms with van der Waals surface area (Å²) in [6.07, 6.45) is -5.29. The number of nitrogens with one attached hydrogen (secondary N) is 1. The zero-order valence-electron chi connectivity index (χ0n) is 19.3. The van der Waals surface area contributed by atoms with Gasteiger partial charge in [0.2, 0.25) is 0 Å². The molecule has 0 bridgehead atoms. The largest absolute Gasteiger partial charge is 0.417 e. The SMILES string of the molecule is CN.COC1C(F)=C(F)C=CC1C1C(C)[C@](C)(C(F)(F)F)O[C@H]1c1nc2c(C=O)c(F)ccc2[nH]1. The number of hydrogen-bond acceptors (Lipinski definition) is 5. The van der Waals surface area contributed by atoms with E-state index in [2.05, 4.69) is 15.7 Å². The van der Waals surface area contributed by atoms with E-state index in [1.807, 2.05) is 0 Å². The van der Waals surface area contributed by atoms with Crippen molar-refractivity contribution in [3.8, 4) is 0 Å². The van der Waals surface area contributed by atoms with E-state index in [-0.39, 0.29) is 28.7 Å². The van der Waals surface area contributed by atoms with Gasteiger partial charge < -0.3 is 20.2 Å². The lowest BCUT2D eigenvalue weighted by Crippen LogP contribution is -2.48. The Balaban J connectivity index is 0.00000167. The Morgan fingerprint density at radius 3 is 2.46 bits per heavy atom. The van der Waals surface area contributed by atoms with E-state index in [4.69, 9.17) is 9.47 Å². The molecule has 1 saturated heterocycles. The van der Waals surface area contributed by atoms with Crippen LogP contribution in [0.1, 0.15) is 36.1 Å². The highest BCUT2D eigenvalue weighted by Gasteiger charge is 2.66. The highest BCUT2D eigenvalue weighted by molar-refractivity contribution is 5.94. The van der Waals surface area contributed by atoms with E-state index >= 15 is 0 Å². The molecule has 192 valence electrons. The van der Waals surface area contributed by atoms with Crippen LogP contribution in [-0.4, -0.2) is 48.3 Å². The molecular weight excluding hydrogens is 480 g/mol. The first-order valence-corrected chi connectivity index (χ1v) is 10.7. The molecule has 2 aliphatic rings. The van der Waals surface area contributed by atoms with Crippen LogP contribution < -0.4 is 5.73 Å². The number of imidazole rings is 1. The van der Waals surface area contributed by atoms with Crippen LogP contribution in [0, 0.1) is 23.6 Å². The third-order valence-corrected chi connectivity index (χ3v) is 6.77. The molecule has 4 rings (SSSR count). The van der Waals surface area contributed by atoms with Crippen molar-refractivity contribution in [2.75, 3.05) is 14.2 Å². The van der Waals surface area contributed by atoms with Gasteiger partial charge in [0, 0.05) is 24.9 Å². The van der Waals surface area contributed by atoms with Gasteiger partial charge in [0.25, 0.3) is 0 Å². The number of rotatable bonds is 4. The standard InChI is InChI=1S/C22H20F6N2O3.CH5N/c1-9-15(10-4-5-13(24)16(25)18(10)32-3)19(33-21(9,2)22(26,27)28)20-29-14-7-6-12(23)11(8-31)17(14)30-20;1-2/h4-10,15,18-19H,1-3H3,(H,29,30);2H2,1H3/t9?,10?,15?,18?,19-,21-;/m1./s1. The maximum Gasteiger partial charge on any atom is 0.417 e. The predicted molar refractivity (Wildman–Crippen MR) is 115 cm³/mol. The number of aromatic amines is 1. The Hall–Kier alpha value is -2.70. The van der Waals surface area contributed by atoms with Crippen molar-refractivity contribution in [2.45, 2.75) is 37.8 Å². The van der Waals surface area contributed by atoms with Gasteiger partial charge in [0.15, 0.2) is 23.5 Å². The number of fused-ring (bicyclic) bond motifs is 1. The van der Waals surface area contributed by atoms with Gasteiger partial charge in [-0.25, -0.2) is 18.2 Å². The first-order valence-electron chi connectivity index (χ1n) is 10.7. The van der Waals surface area contributed by atoms with Crippen molar-refractivity contribution in [1.82, 2.24) is 9.97 Å². The second-order valence-electron chi connectivity index (χ2n) is 8.40. The number of aromatic nitrogens is 2. The molecule has 35 heavy (non-hydrogen) atoms. The predicted octanol–water partition coefficient (Wildman–Crippen LogP) is 5.09. The fraction of sp³-hybridized carbons (Fsp3) is 0.478. The normalized spacial score (nSPS) is 31.0. The highest BCUT2D eigenvalue weighted by atomic mass is 19.4. The molecule has 4 unspecified atom stereocenters. The van der Waals surface area contributed by atoms with Crippen molar-refractivity contribution >= 4 is 17.3 Å². The Bertz CT molecular complexity index is 1160. The number of carbonyl (C=O) groups is 1. The van der Waals surface area contributed by atoms with Crippen molar-refractivity contribution in [3.05, 3.63) is 53.1 Å². The van der Waals surface area contributed by atoms with Crippen LogP contribution in [0.15, 0.2) is 35.9 Å². The van der Waals surface area contributed by atoms with Crippen molar-refractivity contribution < 1.29 is 40.6 Å². The molecule has 1 aromatic carbocycles. The summed E-state index contributed by atoms with van der Waals surface area (Å²) in [6, 6.07) is 2.32. The molecule has 6 atom stereocenters. The third kappa shape index (κ3) is 4.27. The Morgan fingerprint density at radius 1 is 1.23 bits per heavy atom. The topological polar surface area (TPSA) is 90.2 Å². The number of methoxy groups -OCH3 is 1. The summed E-state index contributed by atoms with van der Waals surface area (Å²) < 4.78 is 95.2. The molecule has 1 aromatic heterocycles. The zero-order chi connectivity index (χ0) is 26.3. The fourth-order valence-corrected chi connectivity index (χ4v) is 4.79. The van der Waals surface area contributed by atoms with Crippen LogP contribution >= 0.6 is 0 Å². The summed E-state index contributed by atoms with van der Waals surface area (Å²) in [5, 5.41) is 0. The molecule has 0 spiro atoms. The molecule has 2 heterocycles. The van der Waals surface area contributed by atoms with Crippen molar-refractivity contribution in [2.24, 2.45) is 23.5 Å². The second kappa shape index (κ2) is 9.75. The van der Waals surface area contributed by atoms with E-state index in [1.165, 1.54) is 26.1 Å². The molecule has 0 saturated carbocycles. The van der Waals surface area contributed by atoms with Crippen LogP contribution in [0.25, 0.3) is 11.0 Å². The first-order chi connectivity index (χ1) is 16.4. The van der Waals surface area contributed by atoms with Crippen LogP contribution in [0.3, 0.4) is 0 Å². The molecule has 1 aliphatic carbocycles. The fourth-order valence-electron chi connectivity index (χ4n) is 4.79. The number of nitrogens with two attached hydrogens (primary N) is 1. The summed E-state index contributed by atoms with van der Waals surface area (Å²) in [5.41, 5.74) is 1.63. The molecule has 1 aliphatic heterocycles. The molecule has 6 nitrogen and oxygen atoms in total. The number of hydrogen-bond donors (Lipinski definition) is 2. The van der Waals surface area contributed by atoms with Gasteiger partial charge in [-0.3, -0.25) is 4.79 Å². The maximum absolute atomic E-state index is 14.5. The average Bonchev–Trinajstić information content (AvgIpc) is 3.36. The van der Waals surface area contributed by atoms with E-state index in [9.17, 15) is 31.1 Å². The minimum atomic E-state index is -4.80. The average molecular weight is 505 g/mol. The molecule has 0 amide bonds. The first kappa shape index (κ1) is 26.9. The number of halogens is 6. The molecule has 0 radical (unpaired) electrons. The van der Waals surface area contributed by atoms with Gasteiger partial charge in [-0.05, 0) is 32.2 Å².